The van der Waals surface area contributed by atoms with E-state index in [0.29, 0.717) is 6.54 Å². The molecular formula is C12H25N3O2. The van der Waals surface area contributed by atoms with Crippen molar-refractivity contribution in [3.8, 4) is 0 Å². The van der Waals surface area contributed by atoms with Gasteiger partial charge in [0.25, 0.3) is 0 Å². The number of aliphatic hydroxyl groups excluding tert-OH is 1. The maximum absolute atomic E-state index is 11.7. The number of amides is 2. The first kappa shape index (κ1) is 14.3. The van der Waals surface area contributed by atoms with Crippen molar-refractivity contribution < 1.29 is 9.90 Å². The Labute approximate surface area is 104 Å². The van der Waals surface area contributed by atoms with E-state index >= 15 is 0 Å². The molecule has 0 aliphatic carbocycles. The second-order valence-corrected chi connectivity index (χ2v) is 4.66. The molecule has 2 aliphatic rings. The van der Waals surface area contributed by atoms with E-state index in [2.05, 4.69) is 17.3 Å². The van der Waals surface area contributed by atoms with Crippen LogP contribution in [0.15, 0.2) is 0 Å². The summed E-state index contributed by atoms with van der Waals surface area (Å²) >= 11 is 0. The Balaban J connectivity index is 0.000000686. The standard InChI is InChI=1S/C10H19N3O2.C2H6/c1-12-4-2-10(8-12)3-5-13(6-7-14)9(15)11-10;1-2/h14H,2-8H2,1H3,(H,11,15);1-2H3. The SMILES string of the molecule is CC.CN1CCC2(CCN(CCO)C(=O)N2)C1. The van der Waals surface area contributed by atoms with Gasteiger partial charge in [0, 0.05) is 26.2 Å². The molecule has 2 saturated heterocycles. The molecule has 0 aromatic heterocycles. The van der Waals surface area contributed by atoms with Crippen LogP contribution >= 0.6 is 0 Å². The Bertz CT molecular complexity index is 260. The molecular weight excluding hydrogens is 218 g/mol. The Morgan fingerprint density at radius 1 is 1.35 bits per heavy atom. The van der Waals surface area contributed by atoms with Crippen LogP contribution in [0.5, 0.6) is 0 Å². The third-order valence-corrected chi connectivity index (χ3v) is 3.43. The third-order valence-electron chi connectivity index (χ3n) is 3.43. The number of urea groups is 1. The molecule has 2 fully saturated rings. The zero-order chi connectivity index (χ0) is 12.9. The summed E-state index contributed by atoms with van der Waals surface area (Å²) in [5.41, 5.74) is -0.00219. The summed E-state index contributed by atoms with van der Waals surface area (Å²) in [5, 5.41) is 11.9. The van der Waals surface area contributed by atoms with Crippen molar-refractivity contribution in [2.75, 3.05) is 39.8 Å². The highest BCUT2D eigenvalue weighted by atomic mass is 16.3. The topological polar surface area (TPSA) is 55.8 Å². The molecule has 0 radical (unpaired) electrons. The first-order chi connectivity index (χ1) is 8.15. The highest BCUT2D eigenvalue weighted by Gasteiger charge is 2.41. The van der Waals surface area contributed by atoms with Crippen molar-refractivity contribution in [3.05, 3.63) is 0 Å². The van der Waals surface area contributed by atoms with Gasteiger partial charge in [-0.15, -0.1) is 0 Å². The molecule has 1 atom stereocenters. The zero-order valence-electron chi connectivity index (χ0n) is 11.2. The zero-order valence-corrected chi connectivity index (χ0v) is 11.2. The lowest BCUT2D eigenvalue weighted by atomic mass is 9.92. The van der Waals surface area contributed by atoms with Gasteiger partial charge in [-0.1, -0.05) is 13.8 Å². The fourth-order valence-corrected chi connectivity index (χ4v) is 2.54. The van der Waals surface area contributed by atoms with Gasteiger partial charge in [-0.2, -0.15) is 0 Å². The molecule has 0 bridgehead atoms. The Morgan fingerprint density at radius 3 is 2.47 bits per heavy atom. The number of likely N-dealkylation sites (tertiary alicyclic amines) is 1. The fourth-order valence-electron chi connectivity index (χ4n) is 2.54. The van der Waals surface area contributed by atoms with Crippen molar-refractivity contribution >= 4 is 6.03 Å². The first-order valence-corrected chi connectivity index (χ1v) is 6.52. The molecule has 1 spiro atoms. The van der Waals surface area contributed by atoms with Crippen LogP contribution in [-0.2, 0) is 0 Å². The van der Waals surface area contributed by atoms with Crippen LogP contribution in [0.4, 0.5) is 4.79 Å². The maximum Gasteiger partial charge on any atom is 0.317 e. The number of likely N-dealkylation sites (N-methyl/N-ethyl adjacent to an activating group) is 1. The molecule has 2 amide bonds. The Morgan fingerprint density at radius 2 is 2.00 bits per heavy atom. The van der Waals surface area contributed by atoms with Crippen LogP contribution < -0.4 is 5.32 Å². The Hall–Kier alpha value is -0.810. The number of nitrogens with one attached hydrogen (secondary N) is 1. The average Bonchev–Trinajstić information content (AvgIpc) is 2.67. The van der Waals surface area contributed by atoms with Gasteiger partial charge in [-0.05, 0) is 19.9 Å². The van der Waals surface area contributed by atoms with Gasteiger partial charge >= 0.3 is 6.03 Å². The first-order valence-electron chi connectivity index (χ1n) is 6.52. The number of hydrogen-bond donors (Lipinski definition) is 2. The second kappa shape index (κ2) is 6.21. The summed E-state index contributed by atoms with van der Waals surface area (Å²) in [5.74, 6) is 0. The van der Waals surface area contributed by atoms with Gasteiger partial charge in [0.05, 0.1) is 12.1 Å². The number of aliphatic hydroxyl groups is 1. The summed E-state index contributed by atoms with van der Waals surface area (Å²) in [6.07, 6.45) is 2.03. The molecule has 2 rings (SSSR count). The summed E-state index contributed by atoms with van der Waals surface area (Å²) in [6, 6.07) is -0.0226. The Kier molecular flexibility index (Phi) is 5.21. The molecule has 2 N–H and O–H groups in total. The highest BCUT2D eigenvalue weighted by Crippen LogP contribution is 2.27. The number of nitrogens with zero attached hydrogens (tertiary/aromatic N) is 2. The molecule has 5 nitrogen and oxygen atoms in total. The van der Waals surface area contributed by atoms with E-state index in [4.69, 9.17) is 5.11 Å². The number of carbonyl (C=O) groups excluding carboxylic acids is 1. The molecule has 2 heterocycles. The van der Waals surface area contributed by atoms with Crippen molar-refractivity contribution in [2.45, 2.75) is 32.2 Å². The predicted molar refractivity (Wildman–Crippen MR) is 68.0 cm³/mol. The maximum atomic E-state index is 11.7. The van der Waals surface area contributed by atoms with Crippen molar-refractivity contribution in [2.24, 2.45) is 0 Å². The van der Waals surface area contributed by atoms with Crippen LogP contribution in [0.2, 0.25) is 0 Å². The van der Waals surface area contributed by atoms with E-state index in [-0.39, 0.29) is 18.2 Å². The minimum absolute atomic E-state index is 0.00219. The van der Waals surface area contributed by atoms with Gasteiger partial charge in [-0.25, -0.2) is 4.79 Å². The largest absolute Gasteiger partial charge is 0.395 e. The van der Waals surface area contributed by atoms with Crippen molar-refractivity contribution in [1.29, 1.82) is 0 Å². The third kappa shape index (κ3) is 3.33. The van der Waals surface area contributed by atoms with E-state index in [1.54, 1.807) is 4.90 Å². The van der Waals surface area contributed by atoms with E-state index < -0.39 is 0 Å². The molecule has 1 unspecified atom stereocenters. The summed E-state index contributed by atoms with van der Waals surface area (Å²) < 4.78 is 0. The van der Waals surface area contributed by atoms with E-state index in [1.807, 2.05) is 13.8 Å². The summed E-state index contributed by atoms with van der Waals surface area (Å²) in [7, 11) is 2.08. The summed E-state index contributed by atoms with van der Waals surface area (Å²) in [4.78, 5) is 15.7. The molecule has 0 saturated carbocycles. The molecule has 0 aromatic carbocycles. The molecule has 5 heteroatoms. The number of carbonyl (C=O) groups is 1. The van der Waals surface area contributed by atoms with Crippen LogP contribution in [-0.4, -0.2) is 66.3 Å². The van der Waals surface area contributed by atoms with E-state index in [9.17, 15) is 4.79 Å². The average molecular weight is 243 g/mol. The quantitative estimate of drug-likeness (QED) is 0.742. The molecule has 100 valence electrons. The van der Waals surface area contributed by atoms with E-state index in [1.165, 1.54) is 0 Å². The number of rotatable bonds is 2. The lowest BCUT2D eigenvalue weighted by Gasteiger charge is -2.39. The van der Waals surface area contributed by atoms with Gasteiger partial charge in [0.1, 0.15) is 0 Å². The van der Waals surface area contributed by atoms with Crippen molar-refractivity contribution in [3.63, 3.8) is 0 Å². The highest BCUT2D eigenvalue weighted by molar-refractivity contribution is 5.76. The van der Waals surface area contributed by atoms with Gasteiger partial charge < -0.3 is 20.2 Å². The lowest BCUT2D eigenvalue weighted by molar-refractivity contribution is 0.133. The monoisotopic (exact) mass is 243 g/mol. The van der Waals surface area contributed by atoms with Crippen molar-refractivity contribution in [1.82, 2.24) is 15.1 Å². The predicted octanol–water partition coefficient (Wildman–Crippen LogP) is 0.495. The van der Waals surface area contributed by atoms with Gasteiger partial charge in [-0.3, -0.25) is 0 Å². The smallest absolute Gasteiger partial charge is 0.317 e. The molecule has 0 aromatic rings. The normalized spacial score (nSPS) is 28.9. The second-order valence-electron chi connectivity index (χ2n) is 4.66. The minimum Gasteiger partial charge on any atom is -0.395 e. The molecule has 17 heavy (non-hydrogen) atoms. The summed E-state index contributed by atoms with van der Waals surface area (Å²) in [6.45, 7) is 7.25. The van der Waals surface area contributed by atoms with Crippen LogP contribution in [0.3, 0.4) is 0 Å². The van der Waals surface area contributed by atoms with E-state index in [0.717, 1.165) is 32.5 Å². The molecule has 2 aliphatic heterocycles. The van der Waals surface area contributed by atoms with Crippen LogP contribution in [0.25, 0.3) is 0 Å². The minimum atomic E-state index is -0.0226. The number of β-amino-alcohol motifs (C(OH)–C–C–N with tert-alkyl or cyclic N) is 1. The lowest BCUT2D eigenvalue weighted by Crippen LogP contribution is -2.61. The van der Waals surface area contributed by atoms with Crippen LogP contribution in [0.1, 0.15) is 26.7 Å². The van der Waals surface area contributed by atoms with Crippen LogP contribution in [0, 0.1) is 0 Å². The fraction of sp³-hybridized carbons (Fsp3) is 0.917. The van der Waals surface area contributed by atoms with Gasteiger partial charge in [0.15, 0.2) is 0 Å². The number of hydrogen-bond acceptors (Lipinski definition) is 3. The van der Waals surface area contributed by atoms with Gasteiger partial charge in [0.2, 0.25) is 0 Å².